The maximum Gasteiger partial charge on any atom is 0.322 e. The van der Waals surface area contributed by atoms with Gasteiger partial charge in [-0.05, 0) is 13.8 Å². The second-order valence-electron chi connectivity index (χ2n) is 5.04. The summed E-state index contributed by atoms with van der Waals surface area (Å²) in [4.78, 5) is 14.0. The van der Waals surface area contributed by atoms with Gasteiger partial charge in [0.1, 0.15) is 0 Å². The van der Waals surface area contributed by atoms with Gasteiger partial charge < -0.3 is 25.2 Å². The number of methoxy groups -OCH3 is 1. The lowest BCUT2D eigenvalue weighted by molar-refractivity contribution is -0.101. The van der Waals surface area contributed by atoms with Crippen LogP contribution in [0.3, 0.4) is 0 Å². The molecule has 8 heteroatoms. The van der Waals surface area contributed by atoms with Crippen LogP contribution in [0.15, 0.2) is 0 Å². The summed E-state index contributed by atoms with van der Waals surface area (Å²) in [5, 5.41) is 9.29. The average molecular weight is 269 g/mol. The number of morpholine rings is 1. The van der Waals surface area contributed by atoms with E-state index in [2.05, 4.69) is 15.0 Å². The van der Waals surface area contributed by atoms with Gasteiger partial charge in [-0.3, -0.25) is 0 Å². The Bertz CT molecular complexity index is 454. The maximum absolute atomic E-state index is 9.29. The summed E-state index contributed by atoms with van der Waals surface area (Å²) >= 11 is 0. The van der Waals surface area contributed by atoms with E-state index in [0.29, 0.717) is 19.0 Å². The highest BCUT2D eigenvalue weighted by atomic mass is 16.5. The lowest BCUT2D eigenvalue weighted by Crippen LogP contribution is -2.54. The summed E-state index contributed by atoms with van der Waals surface area (Å²) < 4.78 is 10.7. The third-order valence-corrected chi connectivity index (χ3v) is 2.77. The average Bonchev–Trinajstić information content (AvgIpc) is 2.36. The Morgan fingerprint density at radius 1 is 1.47 bits per heavy atom. The van der Waals surface area contributed by atoms with Crippen LogP contribution in [0, 0.1) is 0 Å². The smallest absolute Gasteiger partial charge is 0.322 e. The van der Waals surface area contributed by atoms with Crippen LogP contribution < -0.4 is 15.4 Å². The van der Waals surface area contributed by atoms with Gasteiger partial charge in [0.05, 0.1) is 25.4 Å². The molecule has 8 nitrogen and oxygen atoms in total. The fraction of sp³-hybridized carbons (Fsp3) is 0.727. The molecule has 1 aromatic heterocycles. The van der Waals surface area contributed by atoms with Crippen molar-refractivity contribution in [3.8, 4) is 6.01 Å². The minimum absolute atomic E-state index is 0.0579. The molecular formula is C11H19N5O3. The van der Waals surface area contributed by atoms with Crippen LogP contribution in [0.5, 0.6) is 6.01 Å². The van der Waals surface area contributed by atoms with Crippen molar-refractivity contribution < 1.29 is 14.6 Å². The van der Waals surface area contributed by atoms with E-state index in [4.69, 9.17) is 15.2 Å². The fourth-order valence-electron chi connectivity index (χ4n) is 2.14. The van der Waals surface area contributed by atoms with Gasteiger partial charge in [0.25, 0.3) is 0 Å². The predicted molar refractivity (Wildman–Crippen MR) is 69.0 cm³/mol. The Kier molecular flexibility index (Phi) is 3.72. The van der Waals surface area contributed by atoms with Crippen LogP contribution in [0.4, 0.5) is 11.9 Å². The number of rotatable bonds is 3. The summed E-state index contributed by atoms with van der Waals surface area (Å²) in [6, 6.07) is 0.173. The van der Waals surface area contributed by atoms with E-state index < -0.39 is 5.60 Å². The summed E-state index contributed by atoms with van der Waals surface area (Å²) in [5.41, 5.74) is 5.22. The highest BCUT2D eigenvalue weighted by Gasteiger charge is 2.34. The SMILES string of the molecule is COc1nc(N)nc(N2CC(CO)OC(C)(C)C2)n1. The van der Waals surface area contributed by atoms with Crippen LogP contribution >= 0.6 is 0 Å². The molecule has 1 saturated heterocycles. The lowest BCUT2D eigenvalue weighted by atomic mass is 10.1. The Hall–Kier alpha value is -1.67. The summed E-state index contributed by atoms with van der Waals surface area (Å²) in [6.45, 7) is 4.92. The van der Waals surface area contributed by atoms with Gasteiger partial charge in [0.2, 0.25) is 11.9 Å². The lowest BCUT2D eigenvalue weighted by Gasteiger charge is -2.42. The number of ether oxygens (including phenoxy) is 2. The molecule has 0 saturated carbocycles. The molecule has 1 atom stereocenters. The van der Waals surface area contributed by atoms with Crippen LogP contribution in [-0.2, 0) is 4.74 Å². The van der Waals surface area contributed by atoms with Gasteiger partial charge in [0.15, 0.2) is 0 Å². The number of anilines is 2. The van der Waals surface area contributed by atoms with Gasteiger partial charge in [0, 0.05) is 13.1 Å². The first kappa shape index (κ1) is 13.8. The molecule has 2 rings (SSSR count). The largest absolute Gasteiger partial charge is 0.467 e. The van der Waals surface area contributed by atoms with Gasteiger partial charge in [-0.25, -0.2) is 0 Å². The van der Waals surface area contributed by atoms with Crippen molar-refractivity contribution in [3.63, 3.8) is 0 Å². The first-order valence-electron chi connectivity index (χ1n) is 6.02. The standard InChI is InChI=1S/C11H19N5O3/c1-11(2)6-16(4-7(5-17)19-11)9-13-8(12)14-10(15-9)18-3/h7,17H,4-6H2,1-3H3,(H2,12,13,14,15). The summed E-state index contributed by atoms with van der Waals surface area (Å²) in [6.07, 6.45) is -0.285. The number of aliphatic hydroxyl groups excluding tert-OH is 1. The topological polar surface area (TPSA) is 107 Å². The molecule has 1 aromatic rings. The van der Waals surface area contributed by atoms with Crippen molar-refractivity contribution in [3.05, 3.63) is 0 Å². The molecule has 1 unspecified atom stereocenters. The van der Waals surface area contributed by atoms with Crippen LogP contribution in [0.1, 0.15) is 13.8 Å². The van der Waals surface area contributed by atoms with Crippen molar-refractivity contribution in [2.75, 3.05) is 37.4 Å². The van der Waals surface area contributed by atoms with Crippen LogP contribution in [0.25, 0.3) is 0 Å². The third kappa shape index (κ3) is 3.21. The van der Waals surface area contributed by atoms with Crippen LogP contribution in [-0.4, -0.2) is 58.6 Å². The number of nitrogens with zero attached hydrogens (tertiary/aromatic N) is 4. The van der Waals surface area contributed by atoms with Crippen LogP contribution in [0.2, 0.25) is 0 Å². The minimum atomic E-state index is -0.403. The van der Waals surface area contributed by atoms with E-state index in [0.717, 1.165) is 0 Å². The minimum Gasteiger partial charge on any atom is -0.467 e. The second kappa shape index (κ2) is 5.14. The normalized spacial score (nSPS) is 22.3. The Balaban J connectivity index is 2.27. The number of nitrogens with two attached hydrogens (primary N) is 1. The van der Waals surface area contributed by atoms with Crippen molar-refractivity contribution in [1.82, 2.24) is 15.0 Å². The van der Waals surface area contributed by atoms with Crippen molar-refractivity contribution in [2.45, 2.75) is 25.6 Å². The van der Waals surface area contributed by atoms with E-state index in [1.165, 1.54) is 7.11 Å². The van der Waals surface area contributed by atoms with Gasteiger partial charge in [-0.2, -0.15) is 15.0 Å². The molecule has 3 N–H and O–H groups in total. The van der Waals surface area contributed by atoms with E-state index in [1.54, 1.807) is 0 Å². The van der Waals surface area contributed by atoms with Crippen molar-refractivity contribution >= 4 is 11.9 Å². The van der Waals surface area contributed by atoms with E-state index in [9.17, 15) is 5.11 Å². The summed E-state index contributed by atoms with van der Waals surface area (Å²) in [7, 11) is 1.47. The van der Waals surface area contributed by atoms with Crippen molar-refractivity contribution in [1.29, 1.82) is 0 Å². The zero-order chi connectivity index (χ0) is 14.0. The molecule has 1 fully saturated rings. The third-order valence-electron chi connectivity index (χ3n) is 2.77. The van der Waals surface area contributed by atoms with E-state index in [1.807, 2.05) is 18.7 Å². The molecule has 106 valence electrons. The summed E-state index contributed by atoms with van der Waals surface area (Å²) in [5.74, 6) is 0.533. The molecule has 0 spiro atoms. The number of nitrogen functional groups attached to an aromatic ring is 1. The van der Waals surface area contributed by atoms with Gasteiger partial charge in [-0.1, -0.05) is 0 Å². The molecule has 2 heterocycles. The highest BCUT2D eigenvalue weighted by Crippen LogP contribution is 2.24. The zero-order valence-electron chi connectivity index (χ0n) is 11.3. The predicted octanol–water partition coefficient (Wildman–Crippen LogP) is -0.562. The van der Waals surface area contributed by atoms with Gasteiger partial charge >= 0.3 is 6.01 Å². The van der Waals surface area contributed by atoms with Gasteiger partial charge in [-0.15, -0.1) is 0 Å². The zero-order valence-corrected chi connectivity index (χ0v) is 11.3. The monoisotopic (exact) mass is 269 g/mol. The number of hydrogen-bond donors (Lipinski definition) is 2. The Morgan fingerprint density at radius 2 is 2.21 bits per heavy atom. The highest BCUT2D eigenvalue weighted by molar-refractivity contribution is 5.37. The molecule has 0 aromatic carbocycles. The number of aromatic nitrogens is 3. The number of hydrogen-bond acceptors (Lipinski definition) is 8. The molecule has 19 heavy (non-hydrogen) atoms. The fourth-order valence-corrected chi connectivity index (χ4v) is 2.14. The number of aliphatic hydroxyl groups is 1. The quantitative estimate of drug-likeness (QED) is 0.752. The molecule has 0 aliphatic carbocycles. The second-order valence-corrected chi connectivity index (χ2v) is 5.04. The molecule has 1 aliphatic rings. The molecular weight excluding hydrogens is 250 g/mol. The first-order chi connectivity index (χ1) is 8.93. The maximum atomic E-state index is 9.29. The molecule has 1 aliphatic heterocycles. The van der Waals surface area contributed by atoms with Crippen molar-refractivity contribution in [2.24, 2.45) is 0 Å². The van der Waals surface area contributed by atoms with E-state index in [-0.39, 0.29) is 24.7 Å². The molecule has 0 amide bonds. The molecule has 0 bridgehead atoms. The molecule has 0 radical (unpaired) electrons. The first-order valence-corrected chi connectivity index (χ1v) is 6.02. The Morgan fingerprint density at radius 3 is 2.84 bits per heavy atom. The Labute approximate surface area is 111 Å². The van der Waals surface area contributed by atoms with E-state index >= 15 is 0 Å².